The number of imide groups is 1. The molecular formula is C27H23FN2O5. The van der Waals surface area contributed by atoms with Gasteiger partial charge >= 0.3 is 5.97 Å². The van der Waals surface area contributed by atoms with Crippen LogP contribution in [0.5, 0.6) is 0 Å². The molecule has 0 spiro atoms. The summed E-state index contributed by atoms with van der Waals surface area (Å²) in [6, 6.07) is 19.9. The maximum Gasteiger partial charge on any atom is 0.338 e. The Hall–Kier alpha value is -4.17. The number of anilines is 1. The first-order valence-corrected chi connectivity index (χ1v) is 11.0. The largest absolute Gasteiger partial charge is 0.454 e. The van der Waals surface area contributed by atoms with E-state index in [4.69, 9.17) is 4.74 Å². The molecule has 0 saturated carbocycles. The number of amides is 2. The highest BCUT2D eigenvalue weighted by Crippen LogP contribution is 2.26. The molecule has 1 fully saturated rings. The summed E-state index contributed by atoms with van der Waals surface area (Å²) < 4.78 is 18.0. The Bertz CT molecular complexity index is 1240. The van der Waals surface area contributed by atoms with Crippen LogP contribution in [-0.2, 0) is 20.9 Å². The van der Waals surface area contributed by atoms with Crippen molar-refractivity contribution in [3.05, 3.63) is 101 Å². The first-order chi connectivity index (χ1) is 16.8. The van der Waals surface area contributed by atoms with E-state index in [0.717, 1.165) is 22.6 Å². The van der Waals surface area contributed by atoms with E-state index in [1.807, 2.05) is 35.2 Å². The molecule has 8 heteroatoms. The number of rotatable bonds is 8. The van der Waals surface area contributed by atoms with Gasteiger partial charge in [-0.3, -0.25) is 19.3 Å². The van der Waals surface area contributed by atoms with Gasteiger partial charge in [0, 0.05) is 12.1 Å². The van der Waals surface area contributed by atoms with Gasteiger partial charge in [0.25, 0.3) is 5.91 Å². The third-order valence-corrected chi connectivity index (χ3v) is 5.79. The van der Waals surface area contributed by atoms with E-state index < -0.39 is 30.2 Å². The minimum atomic E-state index is -0.730. The molecule has 1 aliphatic rings. The number of nitrogens with zero attached hydrogens (tertiary/aromatic N) is 2. The number of hydrogen-bond donors (Lipinski definition) is 0. The third-order valence-electron chi connectivity index (χ3n) is 5.79. The molecule has 178 valence electrons. The number of likely N-dealkylation sites (N-methyl/N-ethyl adjacent to an activating group) is 1. The molecule has 1 unspecified atom stereocenters. The average molecular weight is 474 g/mol. The fourth-order valence-corrected chi connectivity index (χ4v) is 3.89. The van der Waals surface area contributed by atoms with Gasteiger partial charge in [-0.2, -0.15) is 0 Å². The zero-order valence-electron chi connectivity index (χ0n) is 19.0. The van der Waals surface area contributed by atoms with Crippen molar-refractivity contribution < 1.29 is 28.3 Å². The van der Waals surface area contributed by atoms with Crippen molar-refractivity contribution in [1.29, 1.82) is 0 Å². The second kappa shape index (κ2) is 10.4. The van der Waals surface area contributed by atoms with Crippen LogP contribution < -0.4 is 4.90 Å². The van der Waals surface area contributed by atoms with Gasteiger partial charge in [0.2, 0.25) is 5.91 Å². The van der Waals surface area contributed by atoms with Crippen LogP contribution in [0.25, 0.3) is 0 Å². The first kappa shape index (κ1) is 24.0. The number of ketones is 1. The monoisotopic (exact) mass is 474 g/mol. The van der Waals surface area contributed by atoms with Crippen molar-refractivity contribution in [3.63, 3.8) is 0 Å². The van der Waals surface area contributed by atoms with Crippen molar-refractivity contribution in [3.8, 4) is 0 Å². The second-order valence-corrected chi connectivity index (χ2v) is 8.24. The molecule has 1 saturated heterocycles. The van der Waals surface area contributed by atoms with Gasteiger partial charge in [0.1, 0.15) is 5.82 Å². The Morgan fingerprint density at radius 2 is 1.57 bits per heavy atom. The lowest BCUT2D eigenvalue weighted by molar-refractivity contribution is -0.122. The summed E-state index contributed by atoms with van der Waals surface area (Å²) in [4.78, 5) is 53.0. The predicted molar refractivity (Wildman–Crippen MR) is 126 cm³/mol. The lowest BCUT2D eigenvalue weighted by Crippen LogP contribution is -2.39. The Labute approximate surface area is 201 Å². The second-order valence-electron chi connectivity index (χ2n) is 8.24. The normalized spacial score (nSPS) is 15.5. The number of ether oxygens (including phenoxy) is 1. The fourth-order valence-electron chi connectivity index (χ4n) is 3.89. The van der Waals surface area contributed by atoms with Crippen LogP contribution in [0.1, 0.15) is 32.7 Å². The number of halogens is 1. The standard InChI is InChI=1S/C27H23FN2O5/c1-29(16-18-5-3-2-4-6-18)23-15-25(32)30(26(23)33)22-13-9-20(10-14-22)27(34)35-17-24(31)19-7-11-21(28)12-8-19/h2-14,23H,15-17H2,1H3. The minimum Gasteiger partial charge on any atom is -0.454 e. The number of hydrogen-bond acceptors (Lipinski definition) is 6. The van der Waals surface area contributed by atoms with Crippen molar-refractivity contribution in [2.24, 2.45) is 0 Å². The number of carbonyl (C=O) groups excluding carboxylic acids is 4. The molecule has 2 amide bonds. The van der Waals surface area contributed by atoms with Crippen LogP contribution in [0, 0.1) is 5.82 Å². The molecule has 1 aliphatic heterocycles. The van der Waals surface area contributed by atoms with E-state index in [0.29, 0.717) is 12.2 Å². The molecule has 0 radical (unpaired) electrons. The Balaban J connectivity index is 1.37. The molecule has 0 aromatic heterocycles. The van der Waals surface area contributed by atoms with Gasteiger partial charge in [-0.25, -0.2) is 14.1 Å². The summed E-state index contributed by atoms with van der Waals surface area (Å²) in [5.41, 5.74) is 1.79. The molecule has 3 aromatic rings. The number of carbonyl (C=O) groups is 4. The highest BCUT2D eigenvalue weighted by Gasteiger charge is 2.41. The zero-order valence-corrected chi connectivity index (χ0v) is 19.0. The van der Waals surface area contributed by atoms with Crippen LogP contribution in [0.15, 0.2) is 78.9 Å². The summed E-state index contributed by atoms with van der Waals surface area (Å²) >= 11 is 0. The van der Waals surface area contributed by atoms with Crippen LogP contribution in [0.3, 0.4) is 0 Å². The smallest absolute Gasteiger partial charge is 0.338 e. The van der Waals surface area contributed by atoms with Crippen molar-refractivity contribution in [1.82, 2.24) is 4.90 Å². The minimum absolute atomic E-state index is 0.0669. The van der Waals surface area contributed by atoms with Crippen LogP contribution >= 0.6 is 0 Å². The molecule has 35 heavy (non-hydrogen) atoms. The summed E-state index contributed by atoms with van der Waals surface area (Å²) in [6.07, 6.45) is 0.0669. The van der Waals surface area contributed by atoms with Gasteiger partial charge in [-0.15, -0.1) is 0 Å². The maximum atomic E-state index is 13.0. The highest BCUT2D eigenvalue weighted by atomic mass is 19.1. The van der Waals surface area contributed by atoms with Gasteiger partial charge in [0.05, 0.1) is 23.7 Å². The van der Waals surface area contributed by atoms with E-state index in [2.05, 4.69) is 0 Å². The molecule has 4 rings (SSSR count). The molecule has 1 heterocycles. The topological polar surface area (TPSA) is 84.0 Å². The lowest BCUT2D eigenvalue weighted by atomic mass is 10.1. The molecule has 1 atom stereocenters. The molecule has 0 N–H and O–H groups in total. The Kier molecular flexibility index (Phi) is 7.12. The fraction of sp³-hybridized carbons (Fsp3) is 0.185. The Morgan fingerprint density at radius 3 is 2.23 bits per heavy atom. The zero-order chi connectivity index (χ0) is 24.9. The van der Waals surface area contributed by atoms with Crippen molar-refractivity contribution in [2.75, 3.05) is 18.6 Å². The maximum absolute atomic E-state index is 13.0. The number of benzene rings is 3. The highest BCUT2D eigenvalue weighted by molar-refractivity contribution is 6.22. The van der Waals surface area contributed by atoms with E-state index in [-0.39, 0.29) is 29.4 Å². The average Bonchev–Trinajstić information content (AvgIpc) is 3.17. The number of esters is 1. The van der Waals surface area contributed by atoms with Crippen LogP contribution in [0.4, 0.5) is 10.1 Å². The molecule has 7 nitrogen and oxygen atoms in total. The SMILES string of the molecule is CN(Cc1ccccc1)C1CC(=O)N(c2ccc(C(=O)OCC(=O)c3ccc(F)cc3)cc2)C1=O. The van der Waals surface area contributed by atoms with Crippen LogP contribution in [0.2, 0.25) is 0 Å². The van der Waals surface area contributed by atoms with E-state index in [9.17, 15) is 23.6 Å². The summed E-state index contributed by atoms with van der Waals surface area (Å²) in [7, 11) is 1.80. The van der Waals surface area contributed by atoms with E-state index >= 15 is 0 Å². The predicted octanol–water partition coefficient (Wildman–Crippen LogP) is 3.63. The van der Waals surface area contributed by atoms with Crippen molar-refractivity contribution >= 4 is 29.3 Å². The van der Waals surface area contributed by atoms with Gasteiger partial charge in [-0.05, 0) is 61.1 Å². The summed E-state index contributed by atoms with van der Waals surface area (Å²) in [5.74, 6) is -2.31. The molecular weight excluding hydrogens is 451 g/mol. The molecule has 3 aromatic carbocycles. The lowest BCUT2D eigenvalue weighted by Gasteiger charge is -2.23. The third kappa shape index (κ3) is 5.50. The van der Waals surface area contributed by atoms with E-state index in [1.54, 1.807) is 7.05 Å². The number of Topliss-reactive ketones (excluding diaryl/α,β-unsaturated/α-hetero) is 1. The van der Waals surface area contributed by atoms with Gasteiger partial charge in [-0.1, -0.05) is 30.3 Å². The summed E-state index contributed by atoms with van der Waals surface area (Å²) in [6.45, 7) is 0.0323. The molecule has 0 bridgehead atoms. The van der Waals surface area contributed by atoms with Crippen molar-refractivity contribution in [2.45, 2.75) is 19.0 Å². The Morgan fingerprint density at radius 1 is 0.943 bits per heavy atom. The first-order valence-electron chi connectivity index (χ1n) is 11.0. The molecule has 0 aliphatic carbocycles. The van der Waals surface area contributed by atoms with Gasteiger partial charge in [0.15, 0.2) is 12.4 Å². The quantitative estimate of drug-likeness (QED) is 0.282. The van der Waals surface area contributed by atoms with E-state index in [1.165, 1.54) is 36.4 Å². The summed E-state index contributed by atoms with van der Waals surface area (Å²) in [5, 5.41) is 0. The van der Waals surface area contributed by atoms with Gasteiger partial charge < -0.3 is 4.74 Å². The van der Waals surface area contributed by atoms with Crippen LogP contribution in [-0.4, -0.2) is 48.2 Å².